The van der Waals surface area contributed by atoms with Crippen LogP contribution in [0.4, 0.5) is 5.69 Å². The average molecular weight is 351 g/mol. The number of aromatic nitrogens is 4. The zero-order valence-electron chi connectivity index (χ0n) is 10.2. The van der Waals surface area contributed by atoms with Gasteiger partial charge in [-0.25, -0.2) is 0 Å². The lowest BCUT2D eigenvalue weighted by Crippen LogP contribution is -2.02. The number of para-hydroxylation sites is 1. The maximum atomic E-state index is 6.22. The molecule has 3 aromatic rings. The molecule has 0 aliphatic carbocycles. The summed E-state index contributed by atoms with van der Waals surface area (Å²) in [6.45, 7) is 0. The lowest BCUT2D eigenvalue weighted by atomic mass is 10.1. The van der Waals surface area contributed by atoms with Crippen molar-refractivity contribution in [3.63, 3.8) is 0 Å². The highest BCUT2D eigenvalue weighted by molar-refractivity contribution is 9.10. The van der Waals surface area contributed by atoms with Gasteiger partial charge in [-0.15, -0.1) is 5.10 Å². The molecule has 100 valence electrons. The quantitative estimate of drug-likeness (QED) is 0.720. The van der Waals surface area contributed by atoms with Crippen molar-refractivity contribution in [3.8, 4) is 17.1 Å². The molecule has 1 heterocycles. The molecule has 0 saturated heterocycles. The first kappa shape index (κ1) is 13.1. The largest absolute Gasteiger partial charge is 0.398 e. The minimum absolute atomic E-state index is 0.500. The molecule has 0 spiro atoms. The van der Waals surface area contributed by atoms with Crippen LogP contribution in [0.3, 0.4) is 0 Å². The number of rotatable bonds is 2. The average Bonchev–Trinajstić information content (AvgIpc) is 2.88. The molecule has 2 aromatic carbocycles. The third kappa shape index (κ3) is 2.17. The van der Waals surface area contributed by atoms with Crippen molar-refractivity contribution in [1.29, 1.82) is 0 Å². The molecule has 7 heteroatoms. The van der Waals surface area contributed by atoms with E-state index in [-0.39, 0.29) is 0 Å². The molecule has 3 rings (SSSR count). The number of nitrogen functional groups attached to an aromatic ring is 1. The number of tetrazole rings is 1. The number of hydrogen-bond donors (Lipinski definition) is 1. The Hall–Kier alpha value is -1.92. The molecule has 0 fully saturated rings. The van der Waals surface area contributed by atoms with Gasteiger partial charge in [0, 0.05) is 10.2 Å². The summed E-state index contributed by atoms with van der Waals surface area (Å²) in [4.78, 5) is 0. The van der Waals surface area contributed by atoms with Crippen molar-refractivity contribution in [3.05, 3.63) is 52.0 Å². The lowest BCUT2D eigenvalue weighted by Gasteiger charge is -2.09. The van der Waals surface area contributed by atoms with Crippen molar-refractivity contribution in [2.24, 2.45) is 0 Å². The predicted octanol–water partition coefficient (Wildman–Crippen LogP) is 3.33. The number of halogens is 2. The Morgan fingerprint density at radius 1 is 1.10 bits per heavy atom. The van der Waals surface area contributed by atoms with Crippen LogP contribution in [0, 0.1) is 0 Å². The Morgan fingerprint density at radius 2 is 1.90 bits per heavy atom. The molecule has 0 aliphatic rings. The second-order valence-electron chi connectivity index (χ2n) is 4.07. The second-order valence-corrected chi connectivity index (χ2v) is 5.33. The smallest absolute Gasteiger partial charge is 0.190 e. The van der Waals surface area contributed by atoms with E-state index in [1.165, 1.54) is 0 Å². The van der Waals surface area contributed by atoms with Gasteiger partial charge in [0.1, 0.15) is 0 Å². The van der Waals surface area contributed by atoms with Crippen LogP contribution in [-0.4, -0.2) is 20.2 Å². The fraction of sp³-hybridized carbons (Fsp3) is 0. The van der Waals surface area contributed by atoms with E-state index in [1.807, 2.05) is 24.3 Å². The van der Waals surface area contributed by atoms with Gasteiger partial charge in [0.15, 0.2) is 5.82 Å². The van der Waals surface area contributed by atoms with Crippen molar-refractivity contribution in [1.82, 2.24) is 20.2 Å². The summed E-state index contributed by atoms with van der Waals surface area (Å²) in [6, 6.07) is 12.9. The van der Waals surface area contributed by atoms with Crippen LogP contribution in [0.1, 0.15) is 0 Å². The Kier molecular flexibility index (Phi) is 3.42. The third-order valence-electron chi connectivity index (χ3n) is 2.82. The maximum absolute atomic E-state index is 6.22. The molecule has 20 heavy (non-hydrogen) atoms. The van der Waals surface area contributed by atoms with E-state index in [9.17, 15) is 0 Å². The summed E-state index contributed by atoms with van der Waals surface area (Å²) in [5.74, 6) is 0.500. The van der Waals surface area contributed by atoms with E-state index in [1.54, 1.807) is 22.9 Å². The van der Waals surface area contributed by atoms with Crippen LogP contribution in [0.2, 0.25) is 5.02 Å². The molecule has 0 atom stereocenters. The summed E-state index contributed by atoms with van der Waals surface area (Å²) in [5.41, 5.74) is 7.95. The predicted molar refractivity (Wildman–Crippen MR) is 81.7 cm³/mol. The highest BCUT2D eigenvalue weighted by Crippen LogP contribution is 2.33. The van der Waals surface area contributed by atoms with Crippen LogP contribution in [0.25, 0.3) is 17.1 Å². The minimum Gasteiger partial charge on any atom is -0.398 e. The summed E-state index contributed by atoms with van der Waals surface area (Å²) in [5, 5.41) is 12.3. The van der Waals surface area contributed by atoms with Crippen LogP contribution >= 0.6 is 27.5 Å². The monoisotopic (exact) mass is 349 g/mol. The summed E-state index contributed by atoms with van der Waals surface area (Å²) in [7, 11) is 0. The van der Waals surface area contributed by atoms with Gasteiger partial charge in [-0.1, -0.05) is 29.8 Å². The van der Waals surface area contributed by atoms with Crippen LogP contribution < -0.4 is 5.73 Å². The van der Waals surface area contributed by atoms with E-state index in [2.05, 4.69) is 31.5 Å². The highest BCUT2D eigenvalue weighted by Gasteiger charge is 2.17. The van der Waals surface area contributed by atoms with E-state index in [4.69, 9.17) is 17.3 Å². The first-order chi connectivity index (χ1) is 9.68. The van der Waals surface area contributed by atoms with Gasteiger partial charge in [-0.05, 0) is 50.6 Å². The molecule has 5 nitrogen and oxygen atoms in total. The second kappa shape index (κ2) is 5.22. The van der Waals surface area contributed by atoms with Crippen molar-refractivity contribution in [2.75, 3.05) is 5.73 Å². The van der Waals surface area contributed by atoms with Gasteiger partial charge < -0.3 is 5.73 Å². The Morgan fingerprint density at radius 3 is 2.65 bits per heavy atom. The molecular weight excluding hydrogens is 342 g/mol. The third-order valence-corrected chi connectivity index (χ3v) is 3.81. The first-order valence-corrected chi connectivity index (χ1v) is 6.93. The van der Waals surface area contributed by atoms with Crippen molar-refractivity contribution >= 4 is 33.2 Å². The summed E-state index contributed by atoms with van der Waals surface area (Å²) < 4.78 is 2.47. The van der Waals surface area contributed by atoms with Gasteiger partial charge >= 0.3 is 0 Å². The summed E-state index contributed by atoms with van der Waals surface area (Å²) in [6.07, 6.45) is 0. The number of nitrogens with two attached hydrogens (primary N) is 1. The molecule has 0 bridgehead atoms. The van der Waals surface area contributed by atoms with E-state index < -0.39 is 0 Å². The molecular formula is C13H9BrClN5. The summed E-state index contributed by atoms with van der Waals surface area (Å²) >= 11 is 9.70. The van der Waals surface area contributed by atoms with Crippen LogP contribution in [0.15, 0.2) is 46.9 Å². The molecule has 1 aromatic heterocycles. The highest BCUT2D eigenvalue weighted by atomic mass is 79.9. The van der Waals surface area contributed by atoms with Gasteiger partial charge in [-0.2, -0.15) is 4.68 Å². The number of hydrogen-bond acceptors (Lipinski definition) is 4. The lowest BCUT2D eigenvalue weighted by molar-refractivity contribution is 0.789. The molecule has 0 unspecified atom stereocenters. The normalized spacial score (nSPS) is 10.7. The number of nitrogens with zero attached hydrogens (tertiary/aromatic N) is 4. The minimum atomic E-state index is 0.500. The fourth-order valence-electron chi connectivity index (χ4n) is 1.91. The first-order valence-electron chi connectivity index (χ1n) is 5.76. The van der Waals surface area contributed by atoms with Gasteiger partial charge in [-0.3, -0.25) is 0 Å². The fourth-order valence-corrected chi connectivity index (χ4v) is 2.62. The molecule has 0 amide bonds. The van der Waals surface area contributed by atoms with E-state index in [0.717, 1.165) is 10.2 Å². The van der Waals surface area contributed by atoms with Crippen molar-refractivity contribution in [2.45, 2.75) is 0 Å². The van der Waals surface area contributed by atoms with Crippen LogP contribution in [0.5, 0.6) is 0 Å². The standard InChI is InChI=1S/C13H9BrClN5/c14-8-4-1-2-7-11(8)20-13(17-18-19-20)12-9(15)5-3-6-10(12)16/h1-7H,16H2. The van der Waals surface area contributed by atoms with E-state index in [0.29, 0.717) is 22.1 Å². The van der Waals surface area contributed by atoms with Gasteiger partial charge in [0.05, 0.1) is 16.3 Å². The van der Waals surface area contributed by atoms with Crippen LogP contribution in [-0.2, 0) is 0 Å². The molecule has 0 aliphatic heterocycles. The van der Waals surface area contributed by atoms with E-state index >= 15 is 0 Å². The SMILES string of the molecule is Nc1cccc(Cl)c1-c1nnnn1-c1ccccc1Br. The van der Waals surface area contributed by atoms with Crippen molar-refractivity contribution < 1.29 is 0 Å². The Bertz CT molecular complexity index is 751. The molecule has 0 saturated carbocycles. The Labute approximate surface area is 128 Å². The molecule has 2 N–H and O–H groups in total. The number of benzene rings is 2. The topological polar surface area (TPSA) is 69.6 Å². The zero-order chi connectivity index (χ0) is 14.1. The van der Waals surface area contributed by atoms with Gasteiger partial charge in [0.25, 0.3) is 0 Å². The number of anilines is 1. The van der Waals surface area contributed by atoms with Gasteiger partial charge in [0.2, 0.25) is 0 Å². The molecule has 0 radical (unpaired) electrons. The maximum Gasteiger partial charge on any atom is 0.190 e. The Balaban J connectivity index is 2.24. The zero-order valence-corrected chi connectivity index (χ0v) is 12.5.